The van der Waals surface area contributed by atoms with E-state index < -0.39 is 12.1 Å². The van der Waals surface area contributed by atoms with Crippen LogP contribution in [0.5, 0.6) is 5.75 Å². The van der Waals surface area contributed by atoms with Crippen molar-refractivity contribution < 1.29 is 19.4 Å². The summed E-state index contributed by atoms with van der Waals surface area (Å²) in [5, 5.41) is 24.5. The first-order chi connectivity index (χ1) is 17.9. The number of amides is 3. The van der Waals surface area contributed by atoms with Crippen molar-refractivity contribution in [1.29, 1.82) is 0 Å². The zero-order chi connectivity index (χ0) is 26.2. The minimum Gasteiger partial charge on any atom is -0.490 e. The molecule has 0 spiro atoms. The van der Waals surface area contributed by atoms with Crippen LogP contribution in [0.3, 0.4) is 0 Å². The van der Waals surface area contributed by atoms with Gasteiger partial charge in [-0.25, -0.2) is 4.79 Å². The van der Waals surface area contributed by atoms with Crippen molar-refractivity contribution in [2.45, 2.75) is 38.1 Å². The van der Waals surface area contributed by atoms with Gasteiger partial charge in [-0.3, -0.25) is 9.48 Å². The average molecular weight is 528 g/mol. The van der Waals surface area contributed by atoms with Crippen LogP contribution in [0.1, 0.15) is 30.2 Å². The third-order valence-electron chi connectivity index (χ3n) is 6.03. The first kappa shape index (κ1) is 26.2. The minimum absolute atomic E-state index is 0.000856. The number of nitrogen functional groups attached to an aromatic ring is 1. The number of nitrogens with zero attached hydrogens (tertiary/aromatic N) is 4. The second kappa shape index (κ2) is 12.4. The zero-order valence-corrected chi connectivity index (χ0v) is 21.0. The van der Waals surface area contributed by atoms with Crippen LogP contribution >= 0.6 is 11.6 Å². The first-order valence-corrected chi connectivity index (χ1v) is 12.4. The summed E-state index contributed by atoms with van der Waals surface area (Å²) in [6, 6.07) is 13.6. The number of urea groups is 1. The molecule has 4 rings (SSSR count). The maximum atomic E-state index is 12.8. The highest BCUT2D eigenvalue weighted by Gasteiger charge is 2.29. The van der Waals surface area contributed by atoms with E-state index in [9.17, 15) is 14.7 Å². The highest BCUT2D eigenvalue weighted by molar-refractivity contribution is 6.30. The van der Waals surface area contributed by atoms with Crippen molar-refractivity contribution in [2.24, 2.45) is 0 Å². The highest BCUT2D eigenvalue weighted by atomic mass is 35.5. The van der Waals surface area contributed by atoms with Crippen molar-refractivity contribution in [3.05, 3.63) is 71.0 Å². The van der Waals surface area contributed by atoms with E-state index in [0.29, 0.717) is 41.8 Å². The molecule has 12 heteroatoms. The number of benzene rings is 2. The fourth-order valence-electron chi connectivity index (χ4n) is 4.08. The Kier molecular flexibility index (Phi) is 8.81. The molecule has 11 nitrogen and oxygen atoms in total. The smallest absolute Gasteiger partial charge is 0.315 e. The van der Waals surface area contributed by atoms with Gasteiger partial charge in [-0.05, 0) is 48.7 Å². The van der Waals surface area contributed by atoms with Gasteiger partial charge in [-0.15, -0.1) is 5.10 Å². The normalized spacial score (nSPS) is 15.8. The molecule has 2 heterocycles. The summed E-state index contributed by atoms with van der Waals surface area (Å²) in [5.41, 5.74) is 7.59. The molecule has 3 aromatic rings. The molecule has 5 N–H and O–H groups in total. The van der Waals surface area contributed by atoms with E-state index in [-0.39, 0.29) is 25.1 Å². The summed E-state index contributed by atoms with van der Waals surface area (Å²) in [4.78, 5) is 26.6. The molecule has 2 unspecified atom stereocenters. The standard InChI is InChI=1S/C25H30ClN7O4/c26-18-3-1-5-21(11-18)37-16-23(34)22-15-32(31-30-22)14-20-4-2-10-33(20)24(35)13-29-25(36)28-12-17-6-8-19(27)9-7-17/h1,3,5-9,11,15,20,23,34H,2,4,10,12-14,16,27H2,(H2,28,29,36). The number of carbonyl (C=O) groups excluding carboxylic acids is 2. The number of aliphatic hydroxyl groups excluding tert-OH is 1. The molecule has 1 aliphatic heterocycles. The topological polar surface area (TPSA) is 148 Å². The van der Waals surface area contributed by atoms with E-state index >= 15 is 0 Å². The molecule has 0 bridgehead atoms. The van der Waals surface area contributed by atoms with Crippen LogP contribution in [0, 0.1) is 0 Å². The van der Waals surface area contributed by atoms with Crippen LogP contribution in [0.2, 0.25) is 5.02 Å². The van der Waals surface area contributed by atoms with E-state index in [1.54, 1.807) is 52.2 Å². The molecule has 2 atom stereocenters. The van der Waals surface area contributed by atoms with E-state index in [2.05, 4.69) is 20.9 Å². The molecular weight excluding hydrogens is 498 g/mol. The number of anilines is 1. The predicted octanol–water partition coefficient (Wildman–Crippen LogP) is 2.12. The lowest BCUT2D eigenvalue weighted by Crippen LogP contribution is -2.46. The molecule has 196 valence electrons. The minimum atomic E-state index is -0.968. The summed E-state index contributed by atoms with van der Waals surface area (Å²) in [6.07, 6.45) is 2.35. The number of likely N-dealkylation sites (tertiary alicyclic amines) is 1. The maximum absolute atomic E-state index is 12.8. The molecule has 1 fully saturated rings. The van der Waals surface area contributed by atoms with Crippen LogP contribution < -0.4 is 21.1 Å². The Morgan fingerprint density at radius 1 is 1.22 bits per heavy atom. The van der Waals surface area contributed by atoms with E-state index in [1.165, 1.54) is 0 Å². The first-order valence-electron chi connectivity index (χ1n) is 12.0. The van der Waals surface area contributed by atoms with Crippen molar-refractivity contribution in [2.75, 3.05) is 25.4 Å². The number of hydrogen-bond acceptors (Lipinski definition) is 7. The van der Waals surface area contributed by atoms with Crippen LogP contribution in [-0.2, 0) is 17.9 Å². The van der Waals surface area contributed by atoms with Gasteiger partial charge >= 0.3 is 6.03 Å². The largest absolute Gasteiger partial charge is 0.490 e. The number of nitrogens with two attached hydrogens (primary N) is 1. The highest BCUT2D eigenvalue weighted by Crippen LogP contribution is 2.21. The Balaban J connectivity index is 1.22. The van der Waals surface area contributed by atoms with Gasteiger partial charge in [0.1, 0.15) is 24.2 Å². The van der Waals surface area contributed by atoms with Gasteiger partial charge in [0.25, 0.3) is 0 Å². The summed E-state index contributed by atoms with van der Waals surface area (Å²) >= 11 is 5.95. The number of nitrogens with one attached hydrogen (secondary N) is 2. The van der Waals surface area contributed by atoms with Gasteiger partial charge < -0.3 is 31.1 Å². The van der Waals surface area contributed by atoms with Gasteiger partial charge in [0.2, 0.25) is 5.91 Å². The molecule has 1 saturated heterocycles. The molecule has 37 heavy (non-hydrogen) atoms. The van der Waals surface area contributed by atoms with E-state index in [4.69, 9.17) is 22.1 Å². The van der Waals surface area contributed by atoms with Crippen molar-refractivity contribution in [3.8, 4) is 5.75 Å². The Morgan fingerprint density at radius 3 is 2.81 bits per heavy atom. The summed E-state index contributed by atoms with van der Waals surface area (Å²) in [5.74, 6) is 0.382. The number of carbonyl (C=O) groups is 2. The van der Waals surface area contributed by atoms with E-state index in [1.807, 2.05) is 12.1 Å². The second-order valence-corrected chi connectivity index (χ2v) is 9.25. The number of halogens is 1. The van der Waals surface area contributed by atoms with Crippen LogP contribution in [0.25, 0.3) is 0 Å². The summed E-state index contributed by atoms with van der Waals surface area (Å²) in [6.45, 7) is 1.27. The Hall–Kier alpha value is -3.83. The van der Waals surface area contributed by atoms with Crippen LogP contribution in [-0.4, -0.2) is 62.7 Å². The molecule has 0 aliphatic carbocycles. The molecule has 1 aromatic heterocycles. The maximum Gasteiger partial charge on any atom is 0.315 e. The fourth-order valence-corrected chi connectivity index (χ4v) is 4.26. The molecule has 0 radical (unpaired) electrons. The predicted molar refractivity (Wildman–Crippen MR) is 138 cm³/mol. The van der Waals surface area contributed by atoms with Crippen molar-refractivity contribution >= 4 is 29.2 Å². The van der Waals surface area contributed by atoms with Crippen molar-refractivity contribution in [3.63, 3.8) is 0 Å². The molecule has 3 amide bonds. The lowest BCUT2D eigenvalue weighted by molar-refractivity contribution is -0.131. The van der Waals surface area contributed by atoms with Gasteiger partial charge in [-0.2, -0.15) is 0 Å². The van der Waals surface area contributed by atoms with Gasteiger partial charge in [-0.1, -0.05) is 35.0 Å². The zero-order valence-electron chi connectivity index (χ0n) is 20.2. The van der Waals surface area contributed by atoms with Crippen LogP contribution in [0.4, 0.5) is 10.5 Å². The second-order valence-electron chi connectivity index (χ2n) is 8.81. The van der Waals surface area contributed by atoms with Crippen molar-refractivity contribution in [1.82, 2.24) is 30.5 Å². The van der Waals surface area contributed by atoms with E-state index in [0.717, 1.165) is 18.4 Å². The number of rotatable bonds is 10. The summed E-state index contributed by atoms with van der Waals surface area (Å²) in [7, 11) is 0. The fraction of sp³-hybridized carbons (Fsp3) is 0.360. The number of ether oxygens (including phenoxy) is 1. The van der Waals surface area contributed by atoms with Crippen LogP contribution in [0.15, 0.2) is 54.7 Å². The third-order valence-corrected chi connectivity index (χ3v) is 6.27. The third kappa shape index (κ3) is 7.58. The average Bonchev–Trinajstić information content (AvgIpc) is 3.56. The van der Waals surface area contributed by atoms with Gasteiger partial charge in [0.05, 0.1) is 25.3 Å². The lowest BCUT2D eigenvalue weighted by Gasteiger charge is -2.24. The molecular formula is C25H30ClN7O4. The number of hydrogen-bond donors (Lipinski definition) is 4. The molecule has 0 saturated carbocycles. The molecule has 1 aliphatic rings. The Morgan fingerprint density at radius 2 is 2.03 bits per heavy atom. The quantitative estimate of drug-likeness (QED) is 0.295. The van der Waals surface area contributed by atoms with Gasteiger partial charge in [0, 0.05) is 23.8 Å². The monoisotopic (exact) mass is 527 g/mol. The van der Waals surface area contributed by atoms with Gasteiger partial charge in [0.15, 0.2) is 0 Å². The Labute approximate surface area is 219 Å². The SMILES string of the molecule is Nc1ccc(CNC(=O)NCC(=O)N2CCCC2Cn2cc(C(O)COc3cccc(Cl)c3)nn2)cc1. The number of aromatic nitrogens is 3. The lowest BCUT2D eigenvalue weighted by atomic mass is 10.2. The molecule has 2 aromatic carbocycles. The Bertz CT molecular complexity index is 1200. The number of aliphatic hydroxyl groups is 1. The summed E-state index contributed by atoms with van der Waals surface area (Å²) < 4.78 is 7.19.